The fourth-order valence-electron chi connectivity index (χ4n) is 1.88. The lowest BCUT2D eigenvalue weighted by molar-refractivity contribution is -0.146. The molecule has 0 aliphatic rings. The molecule has 1 unspecified atom stereocenters. The molecule has 0 spiro atoms. The highest BCUT2D eigenvalue weighted by Crippen LogP contribution is 2.19. The molecule has 2 N–H and O–H groups in total. The Labute approximate surface area is 112 Å². The molecule has 2 nitrogen and oxygen atoms in total. The van der Waals surface area contributed by atoms with Crippen LogP contribution >= 0.6 is 0 Å². The van der Waals surface area contributed by atoms with Gasteiger partial charge in [0.05, 0.1) is 6.54 Å². The average Bonchev–Trinajstić information content (AvgIpc) is 2.36. The molecule has 0 saturated carbocycles. The second-order valence-electron chi connectivity index (χ2n) is 4.80. The van der Waals surface area contributed by atoms with Crippen molar-refractivity contribution in [1.82, 2.24) is 4.90 Å². The molecule has 0 radical (unpaired) electrons. The van der Waals surface area contributed by atoms with Crippen LogP contribution < -0.4 is 5.73 Å². The summed E-state index contributed by atoms with van der Waals surface area (Å²) in [6.45, 7) is 4.14. The van der Waals surface area contributed by atoms with E-state index in [1.54, 1.807) is 6.92 Å². The van der Waals surface area contributed by atoms with E-state index >= 15 is 0 Å². The number of rotatable bonds is 6. The third kappa shape index (κ3) is 5.61. The molecule has 0 bridgehead atoms. The maximum absolute atomic E-state index is 12.4. The lowest BCUT2D eigenvalue weighted by atomic mass is 10.00. The van der Waals surface area contributed by atoms with E-state index in [1.165, 1.54) is 4.90 Å². The zero-order valence-electron chi connectivity index (χ0n) is 11.4. The molecule has 0 aliphatic heterocycles. The van der Waals surface area contributed by atoms with Crippen molar-refractivity contribution in [2.75, 3.05) is 19.6 Å². The predicted molar refractivity (Wildman–Crippen MR) is 70.9 cm³/mol. The third-order valence-corrected chi connectivity index (χ3v) is 3.16. The van der Waals surface area contributed by atoms with Gasteiger partial charge in [-0.1, -0.05) is 38.1 Å². The van der Waals surface area contributed by atoms with E-state index in [4.69, 9.17) is 5.73 Å². The van der Waals surface area contributed by atoms with Gasteiger partial charge in [-0.25, -0.2) is 0 Å². The van der Waals surface area contributed by atoms with Crippen LogP contribution in [0.4, 0.5) is 13.2 Å². The summed E-state index contributed by atoms with van der Waals surface area (Å²) in [7, 11) is 0. The molecule has 0 fully saturated rings. The highest BCUT2D eigenvalue weighted by molar-refractivity contribution is 5.25. The van der Waals surface area contributed by atoms with Crippen molar-refractivity contribution >= 4 is 0 Å². The minimum atomic E-state index is -4.15. The molecule has 0 saturated heterocycles. The number of hydrogen-bond acceptors (Lipinski definition) is 2. The van der Waals surface area contributed by atoms with Crippen LogP contribution in [-0.4, -0.2) is 30.7 Å². The van der Waals surface area contributed by atoms with Crippen LogP contribution in [0.15, 0.2) is 24.3 Å². The highest BCUT2D eigenvalue weighted by Gasteiger charge is 2.29. The lowest BCUT2D eigenvalue weighted by Crippen LogP contribution is -2.33. The Morgan fingerprint density at radius 2 is 1.79 bits per heavy atom. The monoisotopic (exact) mass is 274 g/mol. The van der Waals surface area contributed by atoms with Gasteiger partial charge in [0.15, 0.2) is 0 Å². The second kappa shape index (κ2) is 6.91. The Kier molecular flexibility index (Phi) is 5.82. The first-order valence-electron chi connectivity index (χ1n) is 6.43. The van der Waals surface area contributed by atoms with Gasteiger partial charge in [0.25, 0.3) is 0 Å². The van der Waals surface area contributed by atoms with E-state index in [2.05, 4.69) is 0 Å². The second-order valence-corrected chi connectivity index (χ2v) is 4.80. The largest absolute Gasteiger partial charge is 0.401 e. The van der Waals surface area contributed by atoms with Gasteiger partial charge in [-0.05, 0) is 30.1 Å². The molecule has 0 aromatic heterocycles. The van der Waals surface area contributed by atoms with Crippen molar-refractivity contribution in [2.24, 2.45) is 5.73 Å². The number of halogens is 3. The number of benzene rings is 1. The molecular weight excluding hydrogens is 253 g/mol. The number of nitrogens with two attached hydrogens (primary N) is 1. The fourth-order valence-corrected chi connectivity index (χ4v) is 1.88. The first-order chi connectivity index (χ1) is 8.85. The SMILES string of the molecule is CCN(Cc1ccc(C(C)CN)cc1)CC(F)(F)F. The van der Waals surface area contributed by atoms with E-state index < -0.39 is 12.7 Å². The van der Waals surface area contributed by atoms with Gasteiger partial charge in [-0.3, -0.25) is 4.90 Å². The molecule has 19 heavy (non-hydrogen) atoms. The number of hydrogen-bond donors (Lipinski definition) is 1. The molecular formula is C14H21F3N2. The van der Waals surface area contributed by atoms with E-state index in [-0.39, 0.29) is 5.92 Å². The minimum Gasteiger partial charge on any atom is -0.330 e. The van der Waals surface area contributed by atoms with Crippen LogP contribution in [0.3, 0.4) is 0 Å². The lowest BCUT2D eigenvalue weighted by Gasteiger charge is -2.22. The molecule has 1 rings (SSSR count). The van der Waals surface area contributed by atoms with Gasteiger partial charge in [0.1, 0.15) is 0 Å². The summed E-state index contributed by atoms with van der Waals surface area (Å²) in [5.74, 6) is 0.270. The van der Waals surface area contributed by atoms with Crippen LogP contribution in [0.5, 0.6) is 0 Å². The van der Waals surface area contributed by atoms with Crippen molar-refractivity contribution in [2.45, 2.75) is 32.5 Å². The average molecular weight is 274 g/mol. The maximum Gasteiger partial charge on any atom is 0.401 e. The van der Waals surface area contributed by atoms with Gasteiger partial charge in [0.2, 0.25) is 0 Å². The smallest absolute Gasteiger partial charge is 0.330 e. The van der Waals surface area contributed by atoms with Gasteiger partial charge in [-0.2, -0.15) is 13.2 Å². The van der Waals surface area contributed by atoms with E-state index in [9.17, 15) is 13.2 Å². The maximum atomic E-state index is 12.4. The Morgan fingerprint density at radius 1 is 1.21 bits per heavy atom. The van der Waals surface area contributed by atoms with E-state index in [0.717, 1.165) is 11.1 Å². The quantitative estimate of drug-likeness (QED) is 0.863. The summed E-state index contributed by atoms with van der Waals surface area (Å²) in [6.07, 6.45) is -4.15. The fraction of sp³-hybridized carbons (Fsp3) is 0.571. The summed E-state index contributed by atoms with van der Waals surface area (Å²) in [5.41, 5.74) is 7.58. The summed E-state index contributed by atoms with van der Waals surface area (Å²) in [6, 6.07) is 7.63. The molecule has 0 aliphatic carbocycles. The van der Waals surface area contributed by atoms with Crippen molar-refractivity contribution in [3.8, 4) is 0 Å². The zero-order chi connectivity index (χ0) is 14.5. The van der Waals surface area contributed by atoms with Crippen LogP contribution in [0.2, 0.25) is 0 Å². The molecule has 1 aromatic carbocycles. The Balaban J connectivity index is 2.65. The Morgan fingerprint density at radius 3 is 2.21 bits per heavy atom. The van der Waals surface area contributed by atoms with Crippen LogP contribution in [0.25, 0.3) is 0 Å². The highest BCUT2D eigenvalue weighted by atomic mass is 19.4. The normalized spacial score (nSPS) is 13.8. The van der Waals surface area contributed by atoms with E-state index in [1.807, 2.05) is 31.2 Å². The first kappa shape index (κ1) is 16.0. The topological polar surface area (TPSA) is 29.3 Å². The predicted octanol–water partition coefficient (Wildman–Crippen LogP) is 3.13. The Bertz CT molecular complexity index is 373. The number of nitrogens with zero attached hydrogens (tertiary/aromatic N) is 1. The molecule has 108 valence electrons. The summed E-state index contributed by atoms with van der Waals surface area (Å²) in [4.78, 5) is 1.38. The minimum absolute atomic E-state index is 0.270. The molecule has 5 heteroatoms. The summed E-state index contributed by atoms with van der Waals surface area (Å²) >= 11 is 0. The number of alkyl halides is 3. The van der Waals surface area contributed by atoms with E-state index in [0.29, 0.717) is 19.6 Å². The van der Waals surface area contributed by atoms with Crippen LogP contribution in [-0.2, 0) is 6.54 Å². The molecule has 0 heterocycles. The zero-order valence-corrected chi connectivity index (χ0v) is 11.4. The summed E-state index contributed by atoms with van der Waals surface area (Å²) < 4.78 is 37.1. The molecule has 1 aromatic rings. The van der Waals surface area contributed by atoms with Gasteiger partial charge >= 0.3 is 6.18 Å². The van der Waals surface area contributed by atoms with Gasteiger partial charge in [0, 0.05) is 6.54 Å². The van der Waals surface area contributed by atoms with Gasteiger partial charge in [-0.15, -0.1) is 0 Å². The first-order valence-corrected chi connectivity index (χ1v) is 6.43. The Hall–Kier alpha value is -1.07. The van der Waals surface area contributed by atoms with Crippen LogP contribution in [0, 0.1) is 0 Å². The third-order valence-electron chi connectivity index (χ3n) is 3.16. The molecule has 0 amide bonds. The van der Waals surface area contributed by atoms with Crippen molar-refractivity contribution < 1.29 is 13.2 Å². The standard InChI is InChI=1S/C14H21F3N2/c1-3-19(10-14(15,16)17)9-12-4-6-13(7-5-12)11(2)8-18/h4-7,11H,3,8-10,18H2,1-2H3. The van der Waals surface area contributed by atoms with Gasteiger partial charge < -0.3 is 5.73 Å². The van der Waals surface area contributed by atoms with Crippen molar-refractivity contribution in [3.63, 3.8) is 0 Å². The summed E-state index contributed by atoms with van der Waals surface area (Å²) in [5, 5.41) is 0. The van der Waals surface area contributed by atoms with Crippen molar-refractivity contribution in [3.05, 3.63) is 35.4 Å². The van der Waals surface area contributed by atoms with Crippen molar-refractivity contribution in [1.29, 1.82) is 0 Å². The van der Waals surface area contributed by atoms with Crippen LogP contribution in [0.1, 0.15) is 30.9 Å². The molecule has 1 atom stereocenters.